The van der Waals surface area contributed by atoms with Crippen LogP contribution in [0.2, 0.25) is 0 Å². The van der Waals surface area contributed by atoms with Gasteiger partial charge in [-0.1, -0.05) is 12.8 Å². The minimum absolute atomic E-state index is 0. The number of benzene rings is 1. The van der Waals surface area contributed by atoms with Crippen molar-refractivity contribution in [1.29, 1.82) is 0 Å². The number of fused-ring (bicyclic) bond motifs is 1. The fourth-order valence-electron chi connectivity index (χ4n) is 3.71. The third-order valence-corrected chi connectivity index (χ3v) is 5.06. The first-order valence-electron chi connectivity index (χ1n) is 8.25. The van der Waals surface area contributed by atoms with Crippen LogP contribution in [0.3, 0.4) is 0 Å². The summed E-state index contributed by atoms with van der Waals surface area (Å²) in [5.74, 6) is 2.07. The molecule has 1 aliphatic heterocycles. The summed E-state index contributed by atoms with van der Waals surface area (Å²) in [4.78, 5) is 4.66. The lowest BCUT2D eigenvalue weighted by molar-refractivity contribution is 0.297. The molecule has 5 nitrogen and oxygen atoms in total. The van der Waals surface area contributed by atoms with Crippen LogP contribution >= 0.6 is 24.0 Å². The molecular weight excluding hydrogens is 405 g/mol. The number of ether oxygens (including phenoxy) is 2. The second kappa shape index (κ2) is 6.75. The molecule has 2 aliphatic carbocycles. The second-order valence-corrected chi connectivity index (χ2v) is 6.64. The van der Waals surface area contributed by atoms with Crippen molar-refractivity contribution in [3.63, 3.8) is 0 Å². The molecule has 3 N–H and O–H groups in total. The summed E-state index contributed by atoms with van der Waals surface area (Å²) >= 11 is 0. The van der Waals surface area contributed by atoms with E-state index in [4.69, 9.17) is 15.2 Å². The van der Waals surface area contributed by atoms with Gasteiger partial charge in [0.2, 0.25) is 0 Å². The number of hydrogen-bond donors (Lipinski definition) is 2. The molecule has 126 valence electrons. The number of rotatable bonds is 2. The van der Waals surface area contributed by atoms with Crippen LogP contribution in [0.4, 0.5) is 5.69 Å². The van der Waals surface area contributed by atoms with Crippen LogP contribution in [0.1, 0.15) is 38.5 Å². The monoisotopic (exact) mass is 429 g/mol. The Hall–Kier alpha value is -1.18. The van der Waals surface area contributed by atoms with E-state index in [1.165, 1.54) is 32.1 Å². The molecule has 2 saturated carbocycles. The maximum absolute atomic E-state index is 6.07. The minimum Gasteiger partial charge on any atom is -0.490 e. The number of nitrogens with two attached hydrogens (primary N) is 1. The first-order valence-corrected chi connectivity index (χ1v) is 8.25. The summed E-state index contributed by atoms with van der Waals surface area (Å²) in [6.45, 7) is 1.39. The second-order valence-electron chi connectivity index (χ2n) is 6.64. The molecule has 1 aromatic carbocycles. The van der Waals surface area contributed by atoms with Crippen LogP contribution in [-0.4, -0.2) is 25.2 Å². The van der Waals surface area contributed by atoms with Crippen LogP contribution in [0.15, 0.2) is 23.2 Å². The van der Waals surface area contributed by atoms with E-state index >= 15 is 0 Å². The van der Waals surface area contributed by atoms with Crippen molar-refractivity contribution in [3.05, 3.63) is 18.2 Å². The zero-order valence-electron chi connectivity index (χ0n) is 13.2. The normalized spacial score (nSPS) is 24.7. The Balaban J connectivity index is 0.00000156. The summed E-state index contributed by atoms with van der Waals surface area (Å²) in [5, 5.41) is 3.18. The summed E-state index contributed by atoms with van der Waals surface area (Å²) in [6, 6.07) is 6.23. The van der Waals surface area contributed by atoms with E-state index in [-0.39, 0.29) is 24.0 Å². The van der Waals surface area contributed by atoms with Gasteiger partial charge in [-0.3, -0.25) is 0 Å². The Morgan fingerprint density at radius 1 is 1.13 bits per heavy atom. The predicted octanol–water partition coefficient (Wildman–Crippen LogP) is 3.53. The van der Waals surface area contributed by atoms with Crippen molar-refractivity contribution >= 4 is 35.6 Å². The summed E-state index contributed by atoms with van der Waals surface area (Å²) in [7, 11) is 0. The highest BCUT2D eigenvalue weighted by Crippen LogP contribution is 2.59. The Kier molecular flexibility index (Phi) is 4.89. The Morgan fingerprint density at radius 2 is 1.87 bits per heavy atom. The van der Waals surface area contributed by atoms with Gasteiger partial charge in [0.1, 0.15) is 0 Å². The Bertz CT molecular complexity index is 600. The van der Waals surface area contributed by atoms with Crippen molar-refractivity contribution in [2.75, 3.05) is 18.5 Å². The van der Waals surface area contributed by atoms with Crippen LogP contribution in [0, 0.1) is 5.41 Å². The zero-order valence-corrected chi connectivity index (χ0v) is 15.5. The minimum atomic E-state index is 0. The lowest BCUT2D eigenvalue weighted by Crippen LogP contribution is -2.23. The standard InChI is InChI=1S/C17H23N3O2.HI/c18-16(20-15-11-17(15)6-1-2-7-17)19-12-4-5-13-14(10-12)22-9-3-8-21-13;/h4-5,10,15H,1-3,6-9,11H2,(H3,18,19,20);1H. The van der Waals surface area contributed by atoms with Gasteiger partial charge < -0.3 is 20.5 Å². The van der Waals surface area contributed by atoms with Crippen molar-refractivity contribution < 1.29 is 9.47 Å². The highest BCUT2D eigenvalue weighted by atomic mass is 127. The Morgan fingerprint density at radius 3 is 2.65 bits per heavy atom. The van der Waals surface area contributed by atoms with Crippen molar-refractivity contribution in [2.24, 2.45) is 16.1 Å². The Labute approximate surface area is 154 Å². The quantitative estimate of drug-likeness (QED) is 0.429. The topological polar surface area (TPSA) is 68.9 Å². The molecule has 0 aromatic heterocycles. The average Bonchev–Trinajstić information content (AvgIpc) is 3.03. The van der Waals surface area contributed by atoms with Crippen molar-refractivity contribution in [2.45, 2.75) is 44.6 Å². The average molecular weight is 429 g/mol. The van der Waals surface area contributed by atoms with Gasteiger partial charge >= 0.3 is 0 Å². The molecule has 0 radical (unpaired) electrons. The number of nitrogens with one attached hydrogen (secondary N) is 1. The number of aliphatic imine (C=N–C) groups is 1. The highest BCUT2D eigenvalue weighted by Gasteiger charge is 2.55. The fourth-order valence-corrected chi connectivity index (χ4v) is 3.71. The van der Waals surface area contributed by atoms with E-state index in [1.807, 2.05) is 18.2 Å². The molecule has 0 amide bonds. The molecule has 0 saturated heterocycles. The van der Waals surface area contributed by atoms with Gasteiger partial charge in [0.05, 0.1) is 19.3 Å². The number of anilines is 1. The van der Waals surface area contributed by atoms with E-state index in [2.05, 4.69) is 10.3 Å². The summed E-state index contributed by atoms with van der Waals surface area (Å²) < 4.78 is 11.3. The molecule has 3 aliphatic rings. The maximum Gasteiger partial charge on any atom is 0.193 e. The van der Waals surface area contributed by atoms with Gasteiger partial charge in [-0.2, -0.15) is 0 Å². The van der Waals surface area contributed by atoms with E-state index in [0.717, 1.165) is 23.6 Å². The van der Waals surface area contributed by atoms with Gasteiger partial charge in [-0.25, -0.2) is 4.99 Å². The highest BCUT2D eigenvalue weighted by molar-refractivity contribution is 14.0. The lowest BCUT2D eigenvalue weighted by Gasteiger charge is -2.11. The van der Waals surface area contributed by atoms with E-state index < -0.39 is 0 Å². The predicted molar refractivity (Wildman–Crippen MR) is 102 cm³/mol. The maximum atomic E-state index is 6.07. The van der Waals surface area contributed by atoms with Crippen LogP contribution in [-0.2, 0) is 0 Å². The van der Waals surface area contributed by atoms with E-state index in [0.29, 0.717) is 30.6 Å². The number of halogens is 1. The molecule has 1 heterocycles. The lowest BCUT2D eigenvalue weighted by atomic mass is 10.1. The van der Waals surface area contributed by atoms with Crippen molar-refractivity contribution in [3.8, 4) is 11.5 Å². The molecule has 2 fully saturated rings. The summed E-state index contributed by atoms with van der Waals surface area (Å²) in [5.41, 5.74) is 7.45. The molecule has 0 bridgehead atoms. The molecule has 23 heavy (non-hydrogen) atoms. The molecule has 6 heteroatoms. The molecular formula is C17H24IN3O2. The fraction of sp³-hybridized carbons (Fsp3) is 0.588. The molecule has 1 spiro atoms. The smallest absolute Gasteiger partial charge is 0.193 e. The van der Waals surface area contributed by atoms with Gasteiger partial charge in [0.25, 0.3) is 0 Å². The van der Waals surface area contributed by atoms with E-state index in [9.17, 15) is 0 Å². The number of nitrogens with zero attached hydrogens (tertiary/aromatic N) is 1. The van der Waals surface area contributed by atoms with Crippen LogP contribution < -0.4 is 20.5 Å². The first kappa shape index (κ1) is 16.7. The van der Waals surface area contributed by atoms with Crippen molar-refractivity contribution in [1.82, 2.24) is 0 Å². The number of hydrogen-bond acceptors (Lipinski definition) is 3. The van der Waals surface area contributed by atoms with Gasteiger partial charge in [0.15, 0.2) is 17.5 Å². The van der Waals surface area contributed by atoms with Gasteiger partial charge in [0, 0.05) is 18.2 Å². The third-order valence-electron chi connectivity index (χ3n) is 5.06. The zero-order chi connectivity index (χ0) is 15.0. The molecule has 1 aromatic rings. The van der Waals surface area contributed by atoms with Crippen LogP contribution in [0.5, 0.6) is 11.5 Å². The molecule has 1 atom stereocenters. The van der Waals surface area contributed by atoms with Gasteiger partial charge in [-0.05, 0) is 36.8 Å². The first-order chi connectivity index (χ1) is 10.8. The largest absolute Gasteiger partial charge is 0.490 e. The van der Waals surface area contributed by atoms with E-state index in [1.54, 1.807) is 0 Å². The van der Waals surface area contributed by atoms with Gasteiger partial charge in [-0.15, -0.1) is 24.0 Å². The molecule has 4 rings (SSSR count). The molecule has 1 unspecified atom stereocenters. The number of guanidine groups is 1. The van der Waals surface area contributed by atoms with Crippen LogP contribution in [0.25, 0.3) is 0 Å². The SMILES string of the molecule is I.NC(=NC1CC12CCCC2)Nc1ccc2c(c1)OCCCO2. The summed E-state index contributed by atoms with van der Waals surface area (Å²) in [6.07, 6.45) is 7.45. The third kappa shape index (κ3) is 3.51.